The summed E-state index contributed by atoms with van der Waals surface area (Å²) in [6.07, 6.45) is 1.92. The molecule has 0 atom stereocenters. The van der Waals surface area contributed by atoms with Gasteiger partial charge in [0, 0.05) is 56.4 Å². The average molecular weight is 500 g/mol. The summed E-state index contributed by atoms with van der Waals surface area (Å²) in [6.45, 7) is 18.3. The summed E-state index contributed by atoms with van der Waals surface area (Å²) in [5, 5.41) is 3.48. The van der Waals surface area contributed by atoms with E-state index in [9.17, 15) is 0 Å². The monoisotopic (exact) mass is 500 g/mol. The third-order valence-corrected chi connectivity index (χ3v) is 6.52. The van der Waals surface area contributed by atoms with Crippen molar-refractivity contribution in [3.05, 3.63) is 23.9 Å². The lowest BCUT2D eigenvalue weighted by molar-refractivity contribution is -0.0667. The summed E-state index contributed by atoms with van der Waals surface area (Å²) in [4.78, 5) is 16.7. The third kappa shape index (κ3) is 4.72. The van der Waals surface area contributed by atoms with Crippen LogP contribution < -0.4 is 10.2 Å². The minimum atomic E-state index is 0. The number of likely N-dealkylation sites (tertiary alicyclic amines) is 1. The quantitative estimate of drug-likeness (QED) is 0.392. The van der Waals surface area contributed by atoms with Gasteiger partial charge in [0.15, 0.2) is 5.96 Å². The summed E-state index contributed by atoms with van der Waals surface area (Å²) in [5.74, 6) is 2.09. The van der Waals surface area contributed by atoms with Crippen molar-refractivity contribution in [2.45, 2.75) is 46.7 Å². The first-order chi connectivity index (χ1) is 12.7. The van der Waals surface area contributed by atoms with E-state index < -0.39 is 0 Å². The molecule has 3 rings (SSSR count). The molecule has 6 nitrogen and oxygen atoms in total. The van der Waals surface area contributed by atoms with Crippen molar-refractivity contribution in [3.8, 4) is 0 Å². The molecule has 0 radical (unpaired) electrons. The Bertz CT molecular complexity index is 679. The molecule has 2 fully saturated rings. The Hall–Kier alpha value is -1.09. The fraction of sp³-hybridized carbons (Fsp3) is 0.714. The summed E-state index contributed by atoms with van der Waals surface area (Å²) < 4.78 is 0. The predicted molar refractivity (Wildman–Crippen MR) is 129 cm³/mol. The van der Waals surface area contributed by atoms with Gasteiger partial charge in [-0.15, -0.1) is 24.0 Å². The molecule has 0 amide bonds. The van der Waals surface area contributed by atoms with Crippen LogP contribution in [0.15, 0.2) is 23.3 Å². The second kappa shape index (κ2) is 9.15. The molecule has 2 aliphatic heterocycles. The van der Waals surface area contributed by atoms with Crippen LogP contribution in [0.5, 0.6) is 0 Å². The molecule has 1 aromatic rings. The smallest absolute Gasteiger partial charge is 0.194 e. The minimum absolute atomic E-state index is 0. The number of nitrogens with one attached hydrogen (secondary N) is 1. The number of rotatable bonds is 4. The second-order valence-corrected chi connectivity index (χ2v) is 9.01. The predicted octanol–water partition coefficient (Wildman–Crippen LogP) is 3.04. The van der Waals surface area contributed by atoms with Crippen LogP contribution in [0.3, 0.4) is 0 Å². The molecule has 1 aromatic heterocycles. The highest BCUT2D eigenvalue weighted by atomic mass is 127. The maximum absolute atomic E-state index is 4.94. The van der Waals surface area contributed by atoms with Crippen molar-refractivity contribution < 1.29 is 0 Å². The first kappa shape index (κ1) is 23.2. The molecule has 0 spiro atoms. The maximum Gasteiger partial charge on any atom is 0.194 e. The summed E-state index contributed by atoms with van der Waals surface area (Å²) in [7, 11) is 2.18. The van der Waals surface area contributed by atoms with Gasteiger partial charge in [-0.1, -0.05) is 13.8 Å². The molecule has 0 aromatic carbocycles. The molecule has 3 heterocycles. The van der Waals surface area contributed by atoms with Crippen molar-refractivity contribution in [1.29, 1.82) is 0 Å². The minimum Gasteiger partial charge on any atom is -0.356 e. The highest BCUT2D eigenvalue weighted by molar-refractivity contribution is 14.0. The number of likely N-dealkylation sites (N-methyl/N-ethyl adjacent to an activating group) is 1. The van der Waals surface area contributed by atoms with Gasteiger partial charge in [0.2, 0.25) is 0 Å². The highest BCUT2D eigenvalue weighted by Crippen LogP contribution is 2.46. The maximum atomic E-state index is 4.94. The number of nitrogens with zero attached hydrogens (tertiary/aromatic N) is 5. The number of anilines is 1. The van der Waals surface area contributed by atoms with Gasteiger partial charge in [-0.05, 0) is 45.5 Å². The van der Waals surface area contributed by atoms with Crippen LogP contribution in [0.2, 0.25) is 0 Å². The molecule has 2 aliphatic rings. The Balaban J connectivity index is 0.00000280. The van der Waals surface area contributed by atoms with Gasteiger partial charge < -0.3 is 20.0 Å². The molecule has 2 saturated heterocycles. The molecular formula is C21H37IN6. The van der Waals surface area contributed by atoms with E-state index >= 15 is 0 Å². The zero-order chi connectivity index (χ0) is 19.7. The Morgan fingerprint density at radius 2 is 1.86 bits per heavy atom. The molecule has 7 heteroatoms. The standard InChI is InChI=1S/C21H36N6.HI/c1-7-22-19(27-16-20(2,3)21(27,4)5)24-15-17-8-9-23-18(14-17)26-12-10-25(6)11-13-26;/h8-9,14H,7,10-13,15-16H2,1-6H3,(H,22,24);1H. The third-order valence-electron chi connectivity index (χ3n) is 6.52. The van der Waals surface area contributed by atoms with Gasteiger partial charge >= 0.3 is 0 Å². The van der Waals surface area contributed by atoms with E-state index in [1.54, 1.807) is 0 Å². The number of aromatic nitrogens is 1. The Morgan fingerprint density at radius 3 is 2.43 bits per heavy atom. The zero-order valence-electron chi connectivity index (χ0n) is 18.3. The van der Waals surface area contributed by atoms with E-state index in [2.05, 4.69) is 78.8 Å². The van der Waals surface area contributed by atoms with Gasteiger partial charge in [0.25, 0.3) is 0 Å². The van der Waals surface area contributed by atoms with E-state index in [0.29, 0.717) is 12.0 Å². The van der Waals surface area contributed by atoms with E-state index in [4.69, 9.17) is 4.99 Å². The SMILES string of the molecule is CCNC(=NCc1ccnc(N2CCN(C)CC2)c1)N1CC(C)(C)C1(C)C.I. The van der Waals surface area contributed by atoms with Crippen LogP contribution in [0.1, 0.15) is 40.2 Å². The van der Waals surface area contributed by atoms with Crippen molar-refractivity contribution >= 4 is 35.8 Å². The van der Waals surface area contributed by atoms with Crippen LogP contribution in [0.25, 0.3) is 0 Å². The number of hydrogen-bond acceptors (Lipinski definition) is 4. The van der Waals surface area contributed by atoms with Crippen LogP contribution in [-0.2, 0) is 6.54 Å². The molecule has 0 unspecified atom stereocenters. The first-order valence-corrected chi connectivity index (χ1v) is 10.2. The van der Waals surface area contributed by atoms with E-state index in [0.717, 1.165) is 51.0 Å². The number of hydrogen-bond donors (Lipinski definition) is 1. The number of guanidine groups is 1. The zero-order valence-corrected chi connectivity index (χ0v) is 20.7. The molecule has 1 N–H and O–H groups in total. The fourth-order valence-corrected chi connectivity index (χ4v) is 3.73. The molecule has 0 bridgehead atoms. The molecule has 158 valence electrons. The van der Waals surface area contributed by atoms with Gasteiger partial charge in [-0.3, -0.25) is 0 Å². The molecular weight excluding hydrogens is 463 g/mol. The topological polar surface area (TPSA) is 47.0 Å². The lowest BCUT2D eigenvalue weighted by Crippen LogP contribution is -2.72. The molecule has 0 saturated carbocycles. The Labute approximate surface area is 187 Å². The summed E-state index contributed by atoms with van der Waals surface area (Å²) in [5.41, 5.74) is 1.62. The van der Waals surface area contributed by atoms with Crippen molar-refractivity contribution in [3.63, 3.8) is 0 Å². The van der Waals surface area contributed by atoms with Gasteiger partial charge in [0.1, 0.15) is 5.82 Å². The number of aliphatic imine (C=N–C) groups is 1. The van der Waals surface area contributed by atoms with E-state index in [-0.39, 0.29) is 29.5 Å². The normalized spacial score (nSPS) is 21.7. The van der Waals surface area contributed by atoms with Crippen LogP contribution in [0.4, 0.5) is 5.82 Å². The molecule has 0 aliphatic carbocycles. The van der Waals surface area contributed by atoms with Crippen molar-refractivity contribution in [1.82, 2.24) is 20.1 Å². The number of piperazine rings is 1. The Kier molecular flexibility index (Phi) is 7.58. The van der Waals surface area contributed by atoms with Crippen LogP contribution >= 0.6 is 24.0 Å². The summed E-state index contributed by atoms with van der Waals surface area (Å²) >= 11 is 0. The van der Waals surface area contributed by atoms with E-state index in [1.807, 2.05) is 6.20 Å². The fourth-order valence-electron chi connectivity index (χ4n) is 3.73. The van der Waals surface area contributed by atoms with Gasteiger partial charge in [-0.2, -0.15) is 0 Å². The Morgan fingerprint density at radius 1 is 1.18 bits per heavy atom. The lowest BCUT2D eigenvalue weighted by Gasteiger charge is -2.62. The van der Waals surface area contributed by atoms with Crippen molar-refractivity contribution in [2.24, 2.45) is 10.4 Å². The first-order valence-electron chi connectivity index (χ1n) is 10.2. The second-order valence-electron chi connectivity index (χ2n) is 9.01. The van der Waals surface area contributed by atoms with Crippen LogP contribution in [-0.4, -0.2) is 72.6 Å². The lowest BCUT2D eigenvalue weighted by atomic mass is 9.65. The average Bonchev–Trinajstić information content (AvgIpc) is 2.64. The molecule has 28 heavy (non-hydrogen) atoms. The highest BCUT2D eigenvalue weighted by Gasteiger charge is 2.53. The van der Waals surface area contributed by atoms with Crippen molar-refractivity contribution in [2.75, 3.05) is 51.2 Å². The van der Waals surface area contributed by atoms with Crippen LogP contribution in [0, 0.1) is 5.41 Å². The number of pyridine rings is 1. The van der Waals surface area contributed by atoms with Gasteiger partial charge in [0.05, 0.1) is 6.54 Å². The summed E-state index contributed by atoms with van der Waals surface area (Å²) in [6, 6.07) is 4.28. The van der Waals surface area contributed by atoms with Gasteiger partial charge in [-0.25, -0.2) is 9.98 Å². The number of halogens is 1. The van der Waals surface area contributed by atoms with E-state index in [1.165, 1.54) is 5.56 Å². The largest absolute Gasteiger partial charge is 0.356 e.